The lowest BCUT2D eigenvalue weighted by Gasteiger charge is -2.36. The first-order valence-electron chi connectivity index (χ1n) is 10.6. The van der Waals surface area contributed by atoms with Gasteiger partial charge in [-0.15, -0.1) is 0 Å². The van der Waals surface area contributed by atoms with Crippen molar-refractivity contribution in [2.75, 3.05) is 38.2 Å². The van der Waals surface area contributed by atoms with Crippen molar-refractivity contribution in [2.45, 2.75) is 26.3 Å². The van der Waals surface area contributed by atoms with Crippen LogP contribution in [0.1, 0.15) is 20.3 Å². The van der Waals surface area contributed by atoms with Crippen molar-refractivity contribution in [3.8, 4) is 17.0 Å². The van der Waals surface area contributed by atoms with Crippen molar-refractivity contribution in [2.24, 2.45) is 11.7 Å². The molecule has 0 saturated carbocycles. The van der Waals surface area contributed by atoms with Crippen molar-refractivity contribution in [1.82, 2.24) is 24.5 Å². The third kappa shape index (κ3) is 4.32. The van der Waals surface area contributed by atoms with E-state index in [-0.39, 0.29) is 5.91 Å². The first kappa shape index (κ1) is 21.0. The average molecular weight is 424 g/mol. The molecule has 2 N–H and O–H groups in total. The number of amides is 1. The summed E-state index contributed by atoms with van der Waals surface area (Å²) in [6, 6.07) is 5.34. The summed E-state index contributed by atoms with van der Waals surface area (Å²) in [6.07, 6.45) is 6.08. The van der Waals surface area contributed by atoms with E-state index < -0.39 is 6.04 Å². The standard InChI is InChI=1S/C22H29N7O2/c1-15(2)13-18(23)22(30)28-11-9-27(10-12-28)19-6-8-29-20(26-19)17(14-25-29)16-5-4-7-24-21(16)31-3/h4-8,14-15,18H,9-13,23H2,1-3H3/t18-/m0/s1. The van der Waals surface area contributed by atoms with Crippen LogP contribution in [0.15, 0.2) is 36.8 Å². The number of aromatic nitrogens is 4. The van der Waals surface area contributed by atoms with Crippen LogP contribution in [0.4, 0.5) is 5.82 Å². The quantitative estimate of drug-likeness (QED) is 0.645. The Labute approximate surface area is 181 Å². The molecule has 0 bridgehead atoms. The van der Waals surface area contributed by atoms with Crippen LogP contribution >= 0.6 is 0 Å². The molecule has 9 heteroatoms. The fourth-order valence-corrected chi connectivity index (χ4v) is 3.98. The average Bonchev–Trinajstić information content (AvgIpc) is 3.21. The lowest BCUT2D eigenvalue weighted by molar-refractivity contribution is -0.133. The Kier molecular flexibility index (Phi) is 6.03. The Hall–Kier alpha value is -3.20. The van der Waals surface area contributed by atoms with E-state index in [0.29, 0.717) is 44.4 Å². The van der Waals surface area contributed by atoms with Gasteiger partial charge in [0.15, 0.2) is 5.65 Å². The molecule has 4 rings (SSSR count). The van der Waals surface area contributed by atoms with E-state index in [9.17, 15) is 4.79 Å². The molecule has 0 aromatic carbocycles. The summed E-state index contributed by atoms with van der Waals surface area (Å²) in [4.78, 5) is 25.8. The van der Waals surface area contributed by atoms with Gasteiger partial charge in [0.05, 0.1) is 24.9 Å². The third-order valence-electron chi connectivity index (χ3n) is 5.57. The molecule has 3 aromatic rings. The molecule has 1 amide bonds. The number of hydrogen-bond donors (Lipinski definition) is 1. The second kappa shape index (κ2) is 8.89. The van der Waals surface area contributed by atoms with Crippen LogP contribution in [-0.4, -0.2) is 69.7 Å². The lowest BCUT2D eigenvalue weighted by Crippen LogP contribution is -2.53. The Balaban J connectivity index is 1.52. The molecule has 9 nitrogen and oxygen atoms in total. The molecular formula is C22H29N7O2. The minimum absolute atomic E-state index is 0.0403. The Morgan fingerprint density at radius 1 is 1.19 bits per heavy atom. The normalized spacial score (nSPS) is 15.5. The number of hydrogen-bond acceptors (Lipinski definition) is 7. The van der Waals surface area contributed by atoms with Crippen LogP contribution in [0.3, 0.4) is 0 Å². The molecule has 4 heterocycles. The summed E-state index contributed by atoms with van der Waals surface area (Å²) in [7, 11) is 1.60. The SMILES string of the molecule is COc1ncccc1-c1cnn2ccc(N3CCN(C(=O)[C@@H](N)CC(C)C)CC3)nc12. The van der Waals surface area contributed by atoms with Crippen molar-refractivity contribution in [3.63, 3.8) is 0 Å². The number of ether oxygens (including phenoxy) is 1. The van der Waals surface area contributed by atoms with Gasteiger partial charge in [-0.3, -0.25) is 4.79 Å². The largest absolute Gasteiger partial charge is 0.481 e. The number of nitrogens with two attached hydrogens (primary N) is 1. The second-order valence-electron chi connectivity index (χ2n) is 8.22. The fraction of sp³-hybridized carbons (Fsp3) is 0.455. The number of nitrogens with zero attached hydrogens (tertiary/aromatic N) is 6. The van der Waals surface area contributed by atoms with Gasteiger partial charge < -0.3 is 20.3 Å². The summed E-state index contributed by atoms with van der Waals surface area (Å²) in [6.45, 7) is 6.86. The van der Waals surface area contributed by atoms with Gasteiger partial charge in [-0.1, -0.05) is 13.8 Å². The Bertz CT molecular complexity index is 1060. The monoisotopic (exact) mass is 423 g/mol. The minimum atomic E-state index is -0.426. The first-order valence-corrected chi connectivity index (χ1v) is 10.6. The van der Waals surface area contributed by atoms with Gasteiger partial charge in [0.25, 0.3) is 0 Å². The predicted molar refractivity (Wildman–Crippen MR) is 119 cm³/mol. The van der Waals surface area contributed by atoms with E-state index in [1.807, 2.05) is 29.3 Å². The second-order valence-corrected chi connectivity index (χ2v) is 8.22. The molecule has 1 aliphatic heterocycles. The summed E-state index contributed by atoms with van der Waals surface area (Å²) >= 11 is 0. The van der Waals surface area contributed by atoms with Crippen LogP contribution in [0.2, 0.25) is 0 Å². The molecule has 3 aromatic heterocycles. The highest BCUT2D eigenvalue weighted by Gasteiger charge is 2.26. The summed E-state index contributed by atoms with van der Waals surface area (Å²) < 4.78 is 7.15. The van der Waals surface area contributed by atoms with Crippen LogP contribution in [-0.2, 0) is 4.79 Å². The zero-order valence-electron chi connectivity index (χ0n) is 18.2. The van der Waals surface area contributed by atoms with Crippen molar-refractivity contribution < 1.29 is 9.53 Å². The van der Waals surface area contributed by atoms with E-state index in [4.69, 9.17) is 15.5 Å². The van der Waals surface area contributed by atoms with Gasteiger partial charge in [-0.05, 0) is 30.5 Å². The van der Waals surface area contributed by atoms with Gasteiger partial charge >= 0.3 is 0 Å². The molecule has 0 aliphatic carbocycles. The highest BCUT2D eigenvalue weighted by atomic mass is 16.5. The smallest absolute Gasteiger partial charge is 0.239 e. The van der Waals surface area contributed by atoms with Gasteiger partial charge in [0.1, 0.15) is 5.82 Å². The summed E-state index contributed by atoms with van der Waals surface area (Å²) in [5.41, 5.74) is 8.54. The molecule has 0 radical (unpaired) electrons. The van der Waals surface area contributed by atoms with Crippen molar-refractivity contribution >= 4 is 17.4 Å². The van der Waals surface area contributed by atoms with Crippen molar-refractivity contribution in [1.29, 1.82) is 0 Å². The molecule has 0 spiro atoms. The van der Waals surface area contributed by atoms with Gasteiger partial charge in [0.2, 0.25) is 11.8 Å². The van der Waals surface area contributed by atoms with Crippen LogP contribution in [0, 0.1) is 5.92 Å². The number of fused-ring (bicyclic) bond motifs is 1. The van der Waals surface area contributed by atoms with E-state index in [2.05, 4.69) is 28.8 Å². The van der Waals surface area contributed by atoms with E-state index in [0.717, 1.165) is 22.6 Å². The van der Waals surface area contributed by atoms with Crippen LogP contribution in [0.25, 0.3) is 16.8 Å². The summed E-state index contributed by atoms with van der Waals surface area (Å²) in [5.74, 6) is 1.84. The number of methoxy groups -OCH3 is 1. The number of carbonyl (C=O) groups excluding carboxylic acids is 1. The van der Waals surface area contributed by atoms with E-state index in [1.54, 1.807) is 24.0 Å². The molecule has 1 fully saturated rings. The highest BCUT2D eigenvalue weighted by molar-refractivity contribution is 5.82. The maximum absolute atomic E-state index is 12.6. The Morgan fingerprint density at radius 2 is 1.97 bits per heavy atom. The first-order chi connectivity index (χ1) is 15.0. The fourth-order valence-electron chi connectivity index (χ4n) is 3.98. The number of rotatable bonds is 6. The number of piperazine rings is 1. The molecule has 31 heavy (non-hydrogen) atoms. The van der Waals surface area contributed by atoms with E-state index >= 15 is 0 Å². The van der Waals surface area contributed by atoms with Crippen molar-refractivity contribution in [3.05, 3.63) is 36.8 Å². The van der Waals surface area contributed by atoms with Crippen LogP contribution in [0.5, 0.6) is 5.88 Å². The van der Waals surface area contributed by atoms with E-state index in [1.165, 1.54) is 0 Å². The predicted octanol–water partition coefficient (Wildman–Crippen LogP) is 1.82. The molecule has 164 valence electrons. The number of anilines is 1. The molecular weight excluding hydrogens is 394 g/mol. The molecule has 1 aliphatic rings. The van der Waals surface area contributed by atoms with Gasteiger partial charge in [0, 0.05) is 44.1 Å². The molecule has 0 unspecified atom stereocenters. The topological polar surface area (TPSA) is 102 Å². The third-order valence-corrected chi connectivity index (χ3v) is 5.57. The number of carbonyl (C=O) groups is 1. The highest BCUT2D eigenvalue weighted by Crippen LogP contribution is 2.31. The molecule has 1 saturated heterocycles. The Morgan fingerprint density at radius 3 is 2.68 bits per heavy atom. The van der Waals surface area contributed by atoms with Gasteiger partial charge in [-0.25, -0.2) is 14.5 Å². The molecule has 1 atom stereocenters. The summed E-state index contributed by atoms with van der Waals surface area (Å²) in [5, 5.41) is 4.42. The number of pyridine rings is 1. The zero-order valence-corrected chi connectivity index (χ0v) is 18.2. The van der Waals surface area contributed by atoms with Gasteiger partial charge in [-0.2, -0.15) is 5.10 Å². The lowest BCUT2D eigenvalue weighted by atomic mass is 10.0. The van der Waals surface area contributed by atoms with Crippen LogP contribution < -0.4 is 15.4 Å². The maximum atomic E-state index is 12.6. The maximum Gasteiger partial charge on any atom is 0.239 e. The zero-order chi connectivity index (χ0) is 22.0. The minimum Gasteiger partial charge on any atom is -0.481 e.